The van der Waals surface area contributed by atoms with E-state index in [2.05, 4.69) is 20.4 Å². The Bertz CT molecular complexity index is 528. The van der Waals surface area contributed by atoms with E-state index < -0.39 is 0 Å². The van der Waals surface area contributed by atoms with E-state index in [9.17, 15) is 0 Å². The van der Waals surface area contributed by atoms with E-state index in [0.29, 0.717) is 17.4 Å². The fraction of sp³-hybridized carbons (Fsp3) is 0.364. The Kier molecular flexibility index (Phi) is 3.99. The number of hydrogen-bond acceptors (Lipinski definition) is 5. The van der Waals surface area contributed by atoms with E-state index in [-0.39, 0.29) is 6.01 Å². The lowest BCUT2D eigenvalue weighted by Crippen LogP contribution is -2.12. The molecule has 0 radical (unpaired) electrons. The maximum atomic E-state index is 5.97. The first kappa shape index (κ1) is 12.6. The summed E-state index contributed by atoms with van der Waals surface area (Å²) in [5, 5.41) is 7.78. The Morgan fingerprint density at radius 3 is 2.94 bits per heavy atom. The summed E-state index contributed by atoms with van der Waals surface area (Å²) in [6.45, 7) is 3.40. The smallest absolute Gasteiger partial charge is 0.318 e. The summed E-state index contributed by atoms with van der Waals surface area (Å²) in [6, 6.07) is 0.289. The minimum absolute atomic E-state index is 0.289. The zero-order chi connectivity index (χ0) is 13.0. The molecule has 2 aromatic heterocycles. The predicted octanol–water partition coefficient (Wildman–Crippen LogP) is 1.76. The molecule has 1 N–H and O–H groups in total. The van der Waals surface area contributed by atoms with Crippen molar-refractivity contribution in [2.45, 2.75) is 13.5 Å². The van der Waals surface area contributed by atoms with Crippen molar-refractivity contribution in [1.82, 2.24) is 19.7 Å². The average molecular weight is 268 g/mol. The van der Waals surface area contributed by atoms with Gasteiger partial charge in [-0.3, -0.25) is 4.68 Å². The zero-order valence-corrected chi connectivity index (χ0v) is 11.0. The standard InChI is InChI=1S/C11H14ClN5O/c1-8-5-15-17(7-8)4-3-13-10-9(12)6-14-11(16-10)18-2/h5-7H,3-4H2,1-2H3,(H,13,14,16). The van der Waals surface area contributed by atoms with Crippen molar-refractivity contribution in [3.05, 3.63) is 29.2 Å². The number of aromatic nitrogens is 4. The molecule has 2 heterocycles. The second-order valence-electron chi connectivity index (χ2n) is 3.76. The summed E-state index contributed by atoms with van der Waals surface area (Å²) in [4.78, 5) is 8.03. The second-order valence-corrected chi connectivity index (χ2v) is 4.17. The number of anilines is 1. The number of rotatable bonds is 5. The SMILES string of the molecule is COc1ncc(Cl)c(NCCn2cc(C)cn2)n1. The molecule has 0 aromatic carbocycles. The lowest BCUT2D eigenvalue weighted by molar-refractivity contribution is 0.380. The molecular formula is C11H14ClN5O. The first-order valence-electron chi connectivity index (χ1n) is 5.48. The molecule has 0 fully saturated rings. The van der Waals surface area contributed by atoms with E-state index in [1.165, 1.54) is 13.3 Å². The molecule has 0 saturated carbocycles. The topological polar surface area (TPSA) is 64.9 Å². The van der Waals surface area contributed by atoms with Crippen LogP contribution in [0.1, 0.15) is 5.56 Å². The van der Waals surface area contributed by atoms with E-state index in [0.717, 1.165) is 12.1 Å². The van der Waals surface area contributed by atoms with Crippen molar-refractivity contribution in [3.8, 4) is 6.01 Å². The molecule has 7 heteroatoms. The first-order valence-corrected chi connectivity index (χ1v) is 5.86. The van der Waals surface area contributed by atoms with E-state index in [1.54, 1.807) is 0 Å². The molecule has 0 amide bonds. The molecule has 6 nitrogen and oxygen atoms in total. The van der Waals surface area contributed by atoms with Gasteiger partial charge in [-0.05, 0) is 12.5 Å². The third-order valence-corrected chi connectivity index (χ3v) is 2.58. The van der Waals surface area contributed by atoms with Crippen LogP contribution < -0.4 is 10.1 Å². The van der Waals surface area contributed by atoms with Crippen molar-refractivity contribution >= 4 is 17.4 Å². The zero-order valence-electron chi connectivity index (χ0n) is 10.2. The molecule has 0 saturated heterocycles. The van der Waals surface area contributed by atoms with Crippen LogP contribution in [0, 0.1) is 6.92 Å². The number of methoxy groups -OCH3 is 1. The summed E-state index contributed by atoms with van der Waals surface area (Å²) < 4.78 is 6.80. The molecule has 0 spiro atoms. The van der Waals surface area contributed by atoms with Crippen LogP contribution in [0.3, 0.4) is 0 Å². The minimum Gasteiger partial charge on any atom is -0.467 e. The fourth-order valence-corrected chi connectivity index (χ4v) is 1.61. The molecule has 0 bridgehead atoms. The molecule has 0 atom stereocenters. The summed E-state index contributed by atoms with van der Waals surface area (Å²) in [6.07, 6.45) is 5.30. The third kappa shape index (κ3) is 3.10. The Labute approximate surface area is 110 Å². The van der Waals surface area contributed by atoms with Gasteiger partial charge in [-0.1, -0.05) is 11.6 Å². The van der Waals surface area contributed by atoms with Crippen LogP contribution in [0.25, 0.3) is 0 Å². The highest BCUT2D eigenvalue weighted by Gasteiger charge is 2.05. The van der Waals surface area contributed by atoms with Crippen molar-refractivity contribution in [2.24, 2.45) is 0 Å². The highest BCUT2D eigenvalue weighted by molar-refractivity contribution is 6.32. The highest BCUT2D eigenvalue weighted by atomic mass is 35.5. The molecule has 0 aliphatic heterocycles. The third-order valence-electron chi connectivity index (χ3n) is 2.30. The van der Waals surface area contributed by atoms with Gasteiger partial charge in [-0.15, -0.1) is 0 Å². The lowest BCUT2D eigenvalue weighted by Gasteiger charge is -2.08. The maximum absolute atomic E-state index is 5.97. The normalized spacial score (nSPS) is 10.4. The van der Waals surface area contributed by atoms with Gasteiger partial charge in [0.05, 0.1) is 26.0 Å². The second kappa shape index (κ2) is 5.68. The summed E-state index contributed by atoms with van der Waals surface area (Å²) in [5.74, 6) is 0.562. The monoisotopic (exact) mass is 267 g/mol. The van der Waals surface area contributed by atoms with Crippen molar-refractivity contribution < 1.29 is 4.74 Å². The Balaban J connectivity index is 1.93. The highest BCUT2D eigenvalue weighted by Crippen LogP contribution is 2.19. The van der Waals surface area contributed by atoms with Crippen LogP contribution in [0.5, 0.6) is 6.01 Å². The molecule has 2 rings (SSSR count). The van der Waals surface area contributed by atoms with E-state index >= 15 is 0 Å². The van der Waals surface area contributed by atoms with Crippen molar-refractivity contribution in [1.29, 1.82) is 0 Å². The molecule has 96 valence electrons. The van der Waals surface area contributed by atoms with Gasteiger partial charge in [0.25, 0.3) is 0 Å². The van der Waals surface area contributed by atoms with Gasteiger partial charge in [0.1, 0.15) is 5.02 Å². The number of ether oxygens (including phenoxy) is 1. The maximum Gasteiger partial charge on any atom is 0.318 e. The Morgan fingerprint density at radius 2 is 2.28 bits per heavy atom. The van der Waals surface area contributed by atoms with Crippen LogP contribution in [0.2, 0.25) is 5.02 Å². The van der Waals surface area contributed by atoms with Gasteiger partial charge in [0.2, 0.25) is 0 Å². The number of nitrogens with zero attached hydrogens (tertiary/aromatic N) is 4. The number of hydrogen-bond donors (Lipinski definition) is 1. The number of nitrogens with one attached hydrogen (secondary N) is 1. The van der Waals surface area contributed by atoms with Crippen LogP contribution in [0.15, 0.2) is 18.6 Å². The lowest BCUT2D eigenvalue weighted by atomic mass is 10.4. The Morgan fingerprint density at radius 1 is 1.44 bits per heavy atom. The minimum atomic E-state index is 0.289. The van der Waals surface area contributed by atoms with Crippen LogP contribution in [-0.4, -0.2) is 33.4 Å². The first-order chi connectivity index (χ1) is 8.69. The molecular weight excluding hydrogens is 254 g/mol. The molecule has 0 unspecified atom stereocenters. The van der Waals surface area contributed by atoms with Crippen LogP contribution >= 0.6 is 11.6 Å². The van der Waals surface area contributed by atoms with Gasteiger partial charge in [0, 0.05) is 12.7 Å². The van der Waals surface area contributed by atoms with Gasteiger partial charge in [-0.25, -0.2) is 4.98 Å². The van der Waals surface area contributed by atoms with E-state index in [4.69, 9.17) is 16.3 Å². The van der Waals surface area contributed by atoms with Crippen molar-refractivity contribution in [2.75, 3.05) is 19.0 Å². The fourth-order valence-electron chi connectivity index (χ4n) is 1.45. The number of halogens is 1. The van der Waals surface area contributed by atoms with Crippen LogP contribution in [-0.2, 0) is 6.54 Å². The number of aryl methyl sites for hydroxylation is 1. The summed E-state index contributed by atoms with van der Waals surface area (Å²) in [5.41, 5.74) is 1.14. The Hall–Kier alpha value is -1.82. The van der Waals surface area contributed by atoms with Crippen molar-refractivity contribution in [3.63, 3.8) is 0 Å². The summed E-state index contributed by atoms with van der Waals surface area (Å²) in [7, 11) is 1.51. The van der Waals surface area contributed by atoms with Gasteiger partial charge in [-0.2, -0.15) is 10.1 Å². The van der Waals surface area contributed by atoms with Crippen LogP contribution in [0.4, 0.5) is 5.82 Å². The summed E-state index contributed by atoms with van der Waals surface area (Å²) >= 11 is 5.97. The van der Waals surface area contributed by atoms with E-state index in [1.807, 2.05) is 24.0 Å². The van der Waals surface area contributed by atoms with Gasteiger partial charge in [0.15, 0.2) is 5.82 Å². The molecule has 2 aromatic rings. The predicted molar refractivity (Wildman–Crippen MR) is 69.0 cm³/mol. The average Bonchev–Trinajstić information content (AvgIpc) is 2.77. The van der Waals surface area contributed by atoms with Gasteiger partial charge < -0.3 is 10.1 Å². The van der Waals surface area contributed by atoms with Gasteiger partial charge >= 0.3 is 6.01 Å². The quantitative estimate of drug-likeness (QED) is 0.894. The molecule has 18 heavy (non-hydrogen) atoms. The largest absolute Gasteiger partial charge is 0.467 e. The molecule has 0 aliphatic rings. The molecule has 0 aliphatic carbocycles.